The van der Waals surface area contributed by atoms with Crippen LogP contribution in [0.2, 0.25) is 0 Å². The van der Waals surface area contributed by atoms with E-state index in [1.807, 2.05) is 29.6 Å². The van der Waals surface area contributed by atoms with Crippen LogP contribution in [-0.2, 0) is 6.54 Å². The second kappa shape index (κ2) is 12.6. The summed E-state index contributed by atoms with van der Waals surface area (Å²) in [6.07, 6.45) is 2.68. The highest BCUT2D eigenvalue weighted by Gasteiger charge is 2.09. The summed E-state index contributed by atoms with van der Waals surface area (Å²) in [4.78, 5) is 10.2. The Hall–Kier alpha value is -2.07. The van der Waals surface area contributed by atoms with Gasteiger partial charge in [-0.2, -0.15) is 0 Å². The van der Waals surface area contributed by atoms with Crippen LogP contribution in [0.5, 0.6) is 5.75 Å². The third-order valence-corrected chi connectivity index (χ3v) is 5.44. The van der Waals surface area contributed by atoms with Crippen LogP contribution in [0.15, 0.2) is 57.5 Å². The number of halogens is 1. The lowest BCUT2D eigenvalue weighted by Crippen LogP contribution is -2.38. The van der Waals surface area contributed by atoms with E-state index in [9.17, 15) is 0 Å². The van der Waals surface area contributed by atoms with Gasteiger partial charge in [-0.25, -0.2) is 9.98 Å². The fourth-order valence-electron chi connectivity index (χ4n) is 2.90. The summed E-state index contributed by atoms with van der Waals surface area (Å²) in [6, 6.07) is 12.2. The SMILES string of the molecule is CCNC(=NCc1coc(-c2cccs2)n1)NCCC(C)c1ccc(OC)cc1.I. The number of thiophene rings is 1. The Morgan fingerprint density at radius 1 is 1.23 bits per heavy atom. The highest BCUT2D eigenvalue weighted by molar-refractivity contribution is 14.0. The van der Waals surface area contributed by atoms with Gasteiger partial charge in [-0.3, -0.25) is 0 Å². The molecule has 1 aromatic carbocycles. The van der Waals surface area contributed by atoms with Crippen molar-refractivity contribution < 1.29 is 9.15 Å². The number of nitrogens with zero attached hydrogens (tertiary/aromatic N) is 2. The van der Waals surface area contributed by atoms with Crippen LogP contribution in [0.1, 0.15) is 37.4 Å². The van der Waals surface area contributed by atoms with Gasteiger partial charge in [-0.15, -0.1) is 35.3 Å². The Morgan fingerprint density at radius 2 is 2.03 bits per heavy atom. The lowest BCUT2D eigenvalue weighted by molar-refractivity contribution is 0.414. The van der Waals surface area contributed by atoms with Crippen molar-refractivity contribution >= 4 is 41.3 Å². The zero-order chi connectivity index (χ0) is 20.5. The summed E-state index contributed by atoms with van der Waals surface area (Å²) in [5.41, 5.74) is 2.12. The quantitative estimate of drug-likeness (QED) is 0.220. The van der Waals surface area contributed by atoms with E-state index in [-0.39, 0.29) is 24.0 Å². The minimum Gasteiger partial charge on any atom is -0.497 e. The maximum absolute atomic E-state index is 5.56. The van der Waals surface area contributed by atoms with Crippen LogP contribution in [-0.4, -0.2) is 31.1 Å². The lowest BCUT2D eigenvalue weighted by Gasteiger charge is -2.15. The fraction of sp³-hybridized carbons (Fsp3) is 0.364. The number of rotatable bonds is 9. The minimum atomic E-state index is 0. The van der Waals surface area contributed by atoms with E-state index in [1.54, 1.807) is 24.7 Å². The van der Waals surface area contributed by atoms with E-state index in [0.29, 0.717) is 18.4 Å². The number of ether oxygens (including phenoxy) is 1. The van der Waals surface area contributed by atoms with Crippen LogP contribution in [0.25, 0.3) is 10.8 Å². The molecule has 1 atom stereocenters. The molecule has 0 aliphatic carbocycles. The average Bonchev–Trinajstić information content (AvgIpc) is 3.43. The molecule has 8 heteroatoms. The molecular formula is C22H29IN4O2S. The molecule has 6 nitrogen and oxygen atoms in total. The molecule has 0 aliphatic heterocycles. The standard InChI is InChI=1S/C22H28N4O2S.HI/c1-4-23-22(24-12-11-16(2)17-7-9-19(27-3)10-8-17)25-14-18-15-28-21(26-18)20-6-5-13-29-20;/h5-10,13,15-16H,4,11-12,14H2,1-3H3,(H2,23,24,25);1H. The number of hydrogen-bond acceptors (Lipinski definition) is 5. The second-order valence-electron chi connectivity index (χ2n) is 6.71. The van der Waals surface area contributed by atoms with Crippen molar-refractivity contribution in [2.75, 3.05) is 20.2 Å². The first-order valence-electron chi connectivity index (χ1n) is 9.84. The van der Waals surface area contributed by atoms with Gasteiger partial charge in [0.05, 0.1) is 18.5 Å². The van der Waals surface area contributed by atoms with E-state index in [0.717, 1.165) is 41.8 Å². The van der Waals surface area contributed by atoms with Crippen molar-refractivity contribution in [3.05, 3.63) is 59.3 Å². The Labute approximate surface area is 199 Å². The first-order valence-corrected chi connectivity index (χ1v) is 10.7. The van der Waals surface area contributed by atoms with Crippen LogP contribution >= 0.6 is 35.3 Å². The molecule has 3 aromatic rings. The monoisotopic (exact) mass is 540 g/mol. The van der Waals surface area contributed by atoms with Crippen molar-refractivity contribution in [3.8, 4) is 16.5 Å². The predicted octanol–water partition coefficient (Wildman–Crippen LogP) is 5.28. The van der Waals surface area contributed by atoms with E-state index in [4.69, 9.17) is 9.15 Å². The number of aromatic nitrogens is 1. The smallest absolute Gasteiger partial charge is 0.236 e. The van der Waals surface area contributed by atoms with Crippen LogP contribution in [0.3, 0.4) is 0 Å². The molecule has 0 aliphatic rings. The number of oxazole rings is 1. The zero-order valence-corrected chi connectivity index (χ0v) is 20.7. The predicted molar refractivity (Wildman–Crippen MR) is 134 cm³/mol. The summed E-state index contributed by atoms with van der Waals surface area (Å²) in [5, 5.41) is 8.70. The Bertz CT molecular complexity index is 894. The number of benzene rings is 1. The summed E-state index contributed by atoms with van der Waals surface area (Å²) >= 11 is 1.61. The lowest BCUT2D eigenvalue weighted by atomic mass is 9.98. The molecule has 0 fully saturated rings. The maximum atomic E-state index is 5.56. The van der Waals surface area contributed by atoms with Gasteiger partial charge in [0.25, 0.3) is 0 Å². The molecule has 0 bridgehead atoms. The number of guanidine groups is 1. The summed E-state index contributed by atoms with van der Waals surface area (Å²) in [6.45, 7) is 6.40. The first-order chi connectivity index (χ1) is 14.2. The molecule has 162 valence electrons. The van der Waals surface area contributed by atoms with Crippen molar-refractivity contribution in [1.29, 1.82) is 0 Å². The molecule has 0 saturated heterocycles. The third-order valence-electron chi connectivity index (χ3n) is 4.58. The third kappa shape index (κ3) is 7.02. The molecule has 0 saturated carbocycles. The number of hydrogen-bond donors (Lipinski definition) is 2. The van der Waals surface area contributed by atoms with Gasteiger partial charge in [0, 0.05) is 13.1 Å². The van der Waals surface area contributed by atoms with Gasteiger partial charge >= 0.3 is 0 Å². The molecular weight excluding hydrogens is 511 g/mol. The van der Waals surface area contributed by atoms with Crippen LogP contribution in [0, 0.1) is 0 Å². The van der Waals surface area contributed by atoms with Gasteiger partial charge in [0.15, 0.2) is 5.96 Å². The second-order valence-corrected chi connectivity index (χ2v) is 7.65. The molecule has 0 radical (unpaired) electrons. The normalized spacial score (nSPS) is 12.2. The van der Waals surface area contributed by atoms with Gasteiger partial charge in [-0.1, -0.05) is 25.1 Å². The van der Waals surface area contributed by atoms with Gasteiger partial charge in [-0.05, 0) is 48.4 Å². The van der Waals surface area contributed by atoms with Gasteiger partial charge in [0.2, 0.25) is 5.89 Å². The number of methoxy groups -OCH3 is 1. The van der Waals surface area contributed by atoms with Crippen molar-refractivity contribution in [2.24, 2.45) is 4.99 Å². The Morgan fingerprint density at radius 3 is 2.70 bits per heavy atom. The largest absolute Gasteiger partial charge is 0.497 e. The minimum absolute atomic E-state index is 0. The Balaban J connectivity index is 0.00000320. The fourth-order valence-corrected chi connectivity index (χ4v) is 3.56. The molecule has 30 heavy (non-hydrogen) atoms. The van der Waals surface area contributed by atoms with Crippen molar-refractivity contribution in [3.63, 3.8) is 0 Å². The van der Waals surface area contributed by atoms with E-state index in [1.165, 1.54) is 5.56 Å². The highest BCUT2D eigenvalue weighted by Crippen LogP contribution is 2.24. The molecule has 2 N–H and O–H groups in total. The summed E-state index contributed by atoms with van der Waals surface area (Å²) in [5.74, 6) is 2.77. The number of aliphatic imine (C=N–C) groups is 1. The topological polar surface area (TPSA) is 71.7 Å². The molecule has 3 rings (SSSR count). The van der Waals surface area contributed by atoms with Crippen molar-refractivity contribution in [2.45, 2.75) is 32.7 Å². The van der Waals surface area contributed by atoms with E-state index in [2.05, 4.69) is 46.6 Å². The summed E-state index contributed by atoms with van der Waals surface area (Å²) < 4.78 is 10.8. The molecule has 2 heterocycles. The highest BCUT2D eigenvalue weighted by atomic mass is 127. The van der Waals surface area contributed by atoms with E-state index >= 15 is 0 Å². The zero-order valence-electron chi connectivity index (χ0n) is 17.6. The summed E-state index contributed by atoms with van der Waals surface area (Å²) in [7, 11) is 1.69. The van der Waals surface area contributed by atoms with Crippen molar-refractivity contribution in [1.82, 2.24) is 15.6 Å². The van der Waals surface area contributed by atoms with Gasteiger partial charge < -0.3 is 19.8 Å². The van der Waals surface area contributed by atoms with Crippen LogP contribution < -0.4 is 15.4 Å². The molecule has 0 amide bonds. The molecule has 2 aromatic heterocycles. The van der Waals surface area contributed by atoms with E-state index < -0.39 is 0 Å². The Kier molecular flexibility index (Phi) is 10.2. The average molecular weight is 540 g/mol. The molecule has 1 unspecified atom stereocenters. The first kappa shape index (κ1) is 24.2. The maximum Gasteiger partial charge on any atom is 0.236 e. The van der Waals surface area contributed by atoms with Gasteiger partial charge in [0.1, 0.15) is 17.7 Å². The van der Waals surface area contributed by atoms with Crippen LogP contribution in [0.4, 0.5) is 0 Å². The molecule has 0 spiro atoms. The number of nitrogens with one attached hydrogen (secondary N) is 2.